The first-order valence-corrected chi connectivity index (χ1v) is 7.75. The van der Waals surface area contributed by atoms with Crippen molar-refractivity contribution >= 4 is 27.9 Å². The van der Waals surface area contributed by atoms with Crippen molar-refractivity contribution in [1.82, 2.24) is 0 Å². The average molecular weight is 381 g/mol. The van der Waals surface area contributed by atoms with Crippen molar-refractivity contribution in [2.24, 2.45) is 0 Å². The molecule has 0 radical (unpaired) electrons. The molecule has 2 rings (SSSR count). The summed E-state index contributed by atoms with van der Waals surface area (Å²) in [6.45, 7) is 1.90. The summed E-state index contributed by atoms with van der Waals surface area (Å²) in [6.07, 6.45) is 3.03. The highest BCUT2D eigenvalue weighted by atomic mass is 79.9. The number of carbonyl (C=O) groups is 2. The van der Waals surface area contributed by atoms with E-state index >= 15 is 0 Å². The van der Waals surface area contributed by atoms with Crippen molar-refractivity contribution in [2.75, 3.05) is 7.11 Å². The van der Waals surface area contributed by atoms with Crippen LogP contribution in [-0.4, -0.2) is 29.3 Å². The van der Waals surface area contributed by atoms with Crippen LogP contribution in [0.4, 0.5) is 0 Å². The average Bonchev–Trinajstić information content (AvgIpc) is 2.50. The van der Waals surface area contributed by atoms with Crippen LogP contribution in [-0.2, 0) is 26.3 Å². The third-order valence-corrected chi connectivity index (χ3v) is 4.82. The Bertz CT molecular complexity index is 720. The molecule has 5 nitrogen and oxygen atoms in total. The van der Waals surface area contributed by atoms with Gasteiger partial charge in [-0.2, -0.15) is 0 Å². The second-order valence-electron chi connectivity index (χ2n) is 5.45. The van der Waals surface area contributed by atoms with Crippen LogP contribution in [0.15, 0.2) is 46.0 Å². The first-order valence-electron chi connectivity index (χ1n) is 6.96. The molecule has 0 aliphatic heterocycles. The quantitative estimate of drug-likeness (QED) is 0.818. The molecule has 6 heteroatoms. The SMILES string of the molecule is COCc1c(Br)cccc1C1(C(=O)O)C=CC(C)=C(C(=O)O)C1. The van der Waals surface area contributed by atoms with Crippen LogP contribution in [0.1, 0.15) is 24.5 Å². The zero-order valence-electron chi connectivity index (χ0n) is 12.8. The molecule has 0 saturated carbocycles. The predicted molar refractivity (Wildman–Crippen MR) is 88.3 cm³/mol. The molecular weight excluding hydrogens is 364 g/mol. The number of allylic oxidation sites excluding steroid dienone is 2. The summed E-state index contributed by atoms with van der Waals surface area (Å²) < 4.78 is 5.92. The molecular formula is C17H17BrO5. The van der Waals surface area contributed by atoms with Gasteiger partial charge < -0.3 is 14.9 Å². The van der Waals surface area contributed by atoms with Crippen LogP contribution in [0.2, 0.25) is 0 Å². The van der Waals surface area contributed by atoms with Crippen LogP contribution in [0.25, 0.3) is 0 Å². The van der Waals surface area contributed by atoms with Crippen LogP contribution >= 0.6 is 15.9 Å². The van der Waals surface area contributed by atoms with Crippen molar-refractivity contribution in [2.45, 2.75) is 25.4 Å². The van der Waals surface area contributed by atoms with Crippen molar-refractivity contribution in [3.05, 3.63) is 57.1 Å². The van der Waals surface area contributed by atoms with Gasteiger partial charge in [0, 0.05) is 23.6 Å². The molecule has 23 heavy (non-hydrogen) atoms. The Balaban J connectivity index is 2.67. The normalized spacial score (nSPS) is 20.7. The van der Waals surface area contributed by atoms with Crippen molar-refractivity contribution < 1.29 is 24.5 Å². The lowest BCUT2D eigenvalue weighted by Gasteiger charge is -2.32. The topological polar surface area (TPSA) is 83.8 Å². The molecule has 1 aromatic rings. The van der Waals surface area contributed by atoms with E-state index in [1.165, 1.54) is 7.11 Å². The second-order valence-corrected chi connectivity index (χ2v) is 6.31. The maximum absolute atomic E-state index is 12.1. The molecule has 0 aromatic heterocycles. The van der Waals surface area contributed by atoms with Crippen molar-refractivity contribution in [3.63, 3.8) is 0 Å². The van der Waals surface area contributed by atoms with Crippen LogP contribution in [0.5, 0.6) is 0 Å². The number of benzene rings is 1. The maximum Gasteiger partial charge on any atom is 0.331 e. The fraction of sp³-hybridized carbons (Fsp3) is 0.294. The Morgan fingerprint density at radius 2 is 2.04 bits per heavy atom. The molecule has 0 spiro atoms. The molecule has 1 aliphatic rings. The summed E-state index contributed by atoms with van der Waals surface area (Å²) in [4.78, 5) is 23.6. The van der Waals surface area contributed by atoms with Gasteiger partial charge in [-0.3, -0.25) is 4.79 Å². The van der Waals surface area contributed by atoms with E-state index in [4.69, 9.17) is 4.74 Å². The van der Waals surface area contributed by atoms with Gasteiger partial charge in [0.2, 0.25) is 0 Å². The number of rotatable bonds is 5. The van der Waals surface area contributed by atoms with E-state index in [9.17, 15) is 19.8 Å². The van der Waals surface area contributed by atoms with Gasteiger partial charge in [0.25, 0.3) is 0 Å². The molecule has 0 heterocycles. The third-order valence-electron chi connectivity index (χ3n) is 4.08. The van der Waals surface area contributed by atoms with Crippen molar-refractivity contribution in [1.29, 1.82) is 0 Å². The zero-order chi connectivity index (χ0) is 17.2. The van der Waals surface area contributed by atoms with Crippen LogP contribution < -0.4 is 0 Å². The second kappa shape index (κ2) is 6.68. The Kier molecular flexibility index (Phi) is 5.06. The minimum Gasteiger partial charge on any atom is -0.480 e. The lowest BCUT2D eigenvalue weighted by Crippen LogP contribution is -2.38. The number of hydrogen-bond acceptors (Lipinski definition) is 3. The van der Waals surface area contributed by atoms with E-state index in [0.29, 0.717) is 16.7 Å². The minimum atomic E-state index is -1.43. The van der Waals surface area contributed by atoms with Gasteiger partial charge >= 0.3 is 11.9 Å². The fourth-order valence-corrected chi connectivity index (χ4v) is 3.28. The fourth-order valence-electron chi connectivity index (χ4n) is 2.80. The molecule has 1 aromatic carbocycles. The highest BCUT2D eigenvalue weighted by Crippen LogP contribution is 2.41. The molecule has 0 fully saturated rings. The Hall–Kier alpha value is -1.92. The number of hydrogen-bond donors (Lipinski definition) is 2. The lowest BCUT2D eigenvalue weighted by atomic mass is 9.70. The number of carboxylic acid groups (broad SMARTS) is 2. The smallest absolute Gasteiger partial charge is 0.331 e. The Morgan fingerprint density at radius 1 is 1.35 bits per heavy atom. The number of halogens is 1. The standard InChI is InChI=1S/C17H17BrO5/c1-10-6-7-17(16(21)22,8-11(10)15(19)20)13-4-3-5-14(18)12(13)9-23-2/h3-7H,8-9H2,1-2H3,(H,19,20)(H,21,22). The summed E-state index contributed by atoms with van der Waals surface area (Å²) >= 11 is 3.42. The summed E-state index contributed by atoms with van der Waals surface area (Å²) in [7, 11) is 1.53. The molecule has 1 atom stereocenters. The number of methoxy groups -OCH3 is 1. The van der Waals surface area contributed by atoms with E-state index in [0.717, 1.165) is 4.47 Å². The van der Waals surface area contributed by atoms with Gasteiger partial charge in [-0.25, -0.2) is 4.79 Å². The molecule has 0 amide bonds. The highest BCUT2D eigenvalue weighted by molar-refractivity contribution is 9.10. The zero-order valence-corrected chi connectivity index (χ0v) is 14.4. The van der Waals surface area contributed by atoms with E-state index in [1.54, 1.807) is 37.3 Å². The van der Waals surface area contributed by atoms with E-state index in [-0.39, 0.29) is 18.6 Å². The van der Waals surface area contributed by atoms with Gasteiger partial charge in [0.05, 0.1) is 6.61 Å². The summed E-state index contributed by atoms with van der Waals surface area (Å²) in [5.41, 5.74) is 0.483. The maximum atomic E-state index is 12.1. The Labute approximate surface area is 142 Å². The molecule has 122 valence electrons. The summed E-state index contributed by atoms with van der Waals surface area (Å²) in [6, 6.07) is 5.25. The molecule has 1 unspecified atom stereocenters. The molecule has 1 aliphatic carbocycles. The minimum absolute atomic E-state index is 0.104. The van der Waals surface area contributed by atoms with Crippen molar-refractivity contribution in [3.8, 4) is 0 Å². The molecule has 2 N–H and O–H groups in total. The lowest BCUT2D eigenvalue weighted by molar-refractivity contribution is -0.142. The summed E-state index contributed by atoms with van der Waals surface area (Å²) in [5, 5.41) is 19.3. The number of ether oxygens (including phenoxy) is 1. The monoisotopic (exact) mass is 380 g/mol. The Morgan fingerprint density at radius 3 is 2.61 bits per heavy atom. The van der Waals surface area contributed by atoms with E-state index in [2.05, 4.69) is 15.9 Å². The van der Waals surface area contributed by atoms with Gasteiger partial charge in [-0.1, -0.05) is 40.2 Å². The predicted octanol–water partition coefficient (Wildman–Crippen LogP) is 3.28. The van der Waals surface area contributed by atoms with Crippen LogP contribution in [0.3, 0.4) is 0 Å². The molecule has 0 saturated heterocycles. The number of aliphatic carboxylic acids is 2. The molecule has 0 bridgehead atoms. The first kappa shape index (κ1) is 17.4. The largest absolute Gasteiger partial charge is 0.480 e. The van der Waals surface area contributed by atoms with Gasteiger partial charge in [-0.15, -0.1) is 0 Å². The van der Waals surface area contributed by atoms with E-state index < -0.39 is 17.4 Å². The van der Waals surface area contributed by atoms with E-state index in [1.807, 2.05) is 0 Å². The first-order chi connectivity index (χ1) is 10.8. The van der Waals surface area contributed by atoms with Gasteiger partial charge in [0.15, 0.2) is 0 Å². The van der Waals surface area contributed by atoms with Crippen LogP contribution in [0, 0.1) is 0 Å². The third kappa shape index (κ3) is 3.09. The van der Waals surface area contributed by atoms with Gasteiger partial charge in [0.1, 0.15) is 5.41 Å². The summed E-state index contributed by atoms with van der Waals surface area (Å²) in [5.74, 6) is -2.18. The van der Waals surface area contributed by atoms with Gasteiger partial charge in [-0.05, 0) is 29.7 Å². The highest BCUT2D eigenvalue weighted by Gasteiger charge is 2.43. The number of carboxylic acids is 2.